The van der Waals surface area contributed by atoms with Crippen molar-refractivity contribution in [2.45, 2.75) is 32.0 Å². The molecule has 3 rings (SSSR count). The van der Waals surface area contributed by atoms with Gasteiger partial charge in [0.25, 0.3) is 0 Å². The molecule has 24 heavy (non-hydrogen) atoms. The van der Waals surface area contributed by atoms with Crippen LogP contribution in [0.25, 0.3) is 0 Å². The van der Waals surface area contributed by atoms with Crippen LogP contribution in [0.5, 0.6) is 0 Å². The molecule has 2 heterocycles. The van der Waals surface area contributed by atoms with Crippen LogP contribution < -0.4 is 16.0 Å². The van der Waals surface area contributed by atoms with E-state index < -0.39 is 9.73 Å². The Kier molecular flexibility index (Phi) is 4.31. The molecule has 7 nitrogen and oxygen atoms in total. The van der Waals surface area contributed by atoms with Gasteiger partial charge in [0.1, 0.15) is 15.4 Å². The van der Waals surface area contributed by atoms with Crippen LogP contribution in [0.15, 0.2) is 29.4 Å². The lowest BCUT2D eigenvalue weighted by molar-refractivity contribution is 0.664. The van der Waals surface area contributed by atoms with Gasteiger partial charge in [-0.05, 0) is 18.9 Å². The topological polar surface area (TPSA) is 108 Å². The molecule has 0 fully saturated rings. The number of nitrogens with zero attached hydrogens (tertiary/aromatic N) is 3. The molecule has 0 radical (unpaired) electrons. The van der Waals surface area contributed by atoms with Crippen molar-refractivity contribution in [2.24, 2.45) is 0 Å². The smallest absolute Gasteiger partial charge is 0.231 e. The molecule has 8 heteroatoms. The number of aryl methyl sites for hydroxylation is 1. The van der Waals surface area contributed by atoms with Gasteiger partial charge in [-0.1, -0.05) is 36.8 Å². The second-order valence-corrected chi connectivity index (χ2v) is 8.11. The fourth-order valence-corrected chi connectivity index (χ4v) is 3.90. The maximum Gasteiger partial charge on any atom is 0.231 e. The summed E-state index contributed by atoms with van der Waals surface area (Å²) in [4.78, 5) is 10.5. The highest BCUT2D eigenvalue weighted by Crippen LogP contribution is 2.35. The van der Waals surface area contributed by atoms with Crippen molar-refractivity contribution in [1.29, 1.82) is 4.78 Å². The minimum atomic E-state index is -3.01. The van der Waals surface area contributed by atoms with Crippen LogP contribution in [0.1, 0.15) is 24.5 Å². The van der Waals surface area contributed by atoms with Gasteiger partial charge in [0.05, 0.1) is 6.67 Å². The molecule has 0 spiro atoms. The van der Waals surface area contributed by atoms with Gasteiger partial charge < -0.3 is 16.0 Å². The molecule has 4 N–H and O–H groups in total. The van der Waals surface area contributed by atoms with Crippen LogP contribution in [0.2, 0.25) is 0 Å². The van der Waals surface area contributed by atoms with E-state index in [1.807, 2.05) is 11.8 Å². The lowest BCUT2D eigenvalue weighted by atomic mass is 10.1. The molecule has 0 bridgehead atoms. The molecule has 1 aliphatic heterocycles. The second kappa shape index (κ2) is 6.27. The summed E-state index contributed by atoms with van der Waals surface area (Å²) in [6.07, 6.45) is 0.633. The third kappa shape index (κ3) is 3.14. The van der Waals surface area contributed by atoms with E-state index in [1.54, 1.807) is 0 Å². The van der Waals surface area contributed by atoms with Crippen LogP contribution in [0.4, 0.5) is 17.3 Å². The third-order valence-electron chi connectivity index (χ3n) is 3.92. The number of aromatic nitrogens is 2. The Hall–Kier alpha value is -2.35. The summed E-state index contributed by atoms with van der Waals surface area (Å²) < 4.78 is 20.5. The minimum absolute atomic E-state index is 0.0261. The van der Waals surface area contributed by atoms with Crippen molar-refractivity contribution in [2.75, 3.05) is 28.4 Å². The van der Waals surface area contributed by atoms with Crippen molar-refractivity contribution in [3.05, 3.63) is 35.4 Å². The molecule has 128 valence electrons. The molecular weight excluding hydrogens is 324 g/mol. The van der Waals surface area contributed by atoms with Gasteiger partial charge in [-0.3, -0.25) is 0 Å². The first-order valence-electron chi connectivity index (χ1n) is 7.89. The van der Waals surface area contributed by atoms with Crippen LogP contribution >= 0.6 is 0 Å². The second-order valence-electron chi connectivity index (χ2n) is 5.99. The predicted octanol–water partition coefficient (Wildman–Crippen LogP) is 2.57. The highest BCUT2D eigenvalue weighted by molar-refractivity contribution is 7.92. The number of rotatable bonds is 5. The molecule has 1 aromatic carbocycles. The van der Waals surface area contributed by atoms with Crippen LogP contribution in [0.3, 0.4) is 0 Å². The largest absolute Gasteiger partial charge is 0.382 e. The number of nitrogens with two attached hydrogens (primary N) is 1. The molecule has 0 saturated heterocycles. The quantitative estimate of drug-likeness (QED) is 0.718. The number of fused-ring (bicyclic) bond motifs is 1. The lowest BCUT2D eigenvalue weighted by Crippen LogP contribution is -2.23. The Balaban J connectivity index is 1.94. The van der Waals surface area contributed by atoms with Gasteiger partial charge in [0.2, 0.25) is 5.16 Å². The van der Waals surface area contributed by atoms with Gasteiger partial charge in [0, 0.05) is 12.3 Å². The maximum absolute atomic E-state index is 12.5. The zero-order valence-corrected chi connectivity index (χ0v) is 14.7. The van der Waals surface area contributed by atoms with Gasteiger partial charge in [-0.15, -0.1) is 0 Å². The van der Waals surface area contributed by atoms with E-state index in [0.29, 0.717) is 31.1 Å². The van der Waals surface area contributed by atoms with E-state index in [4.69, 9.17) is 10.5 Å². The number of hydrogen-bond acceptors (Lipinski definition) is 7. The Labute approximate surface area is 142 Å². The maximum atomic E-state index is 12.5. The van der Waals surface area contributed by atoms with Crippen LogP contribution in [-0.2, 0) is 16.3 Å². The van der Waals surface area contributed by atoms with Gasteiger partial charge >= 0.3 is 0 Å². The number of nitrogens with one attached hydrogen (secondary N) is 2. The average Bonchev–Trinajstić information content (AvgIpc) is 2.93. The zero-order chi connectivity index (χ0) is 17.3. The van der Waals surface area contributed by atoms with Crippen molar-refractivity contribution in [3.8, 4) is 0 Å². The average molecular weight is 346 g/mol. The monoisotopic (exact) mass is 346 g/mol. The number of anilines is 3. The number of nitrogen functional groups attached to an aromatic ring is 1. The Morgan fingerprint density at radius 1 is 1.33 bits per heavy atom. The summed E-state index contributed by atoms with van der Waals surface area (Å²) in [6, 6.07) is 8.28. The van der Waals surface area contributed by atoms with Gasteiger partial charge in [-0.2, -0.15) is 4.98 Å². The zero-order valence-electron chi connectivity index (χ0n) is 13.9. The molecular formula is C16H22N6OS. The fraction of sp³-hybridized carbons (Fsp3) is 0.375. The summed E-state index contributed by atoms with van der Waals surface area (Å²) in [6.45, 7) is 5.15. The molecule has 0 aliphatic carbocycles. The van der Waals surface area contributed by atoms with E-state index in [9.17, 15) is 4.21 Å². The van der Waals surface area contributed by atoms with E-state index in [-0.39, 0.29) is 16.7 Å². The van der Waals surface area contributed by atoms with Crippen LogP contribution in [0, 0.1) is 11.7 Å². The number of benzene rings is 1. The normalized spacial score (nSPS) is 15.7. The van der Waals surface area contributed by atoms with Gasteiger partial charge in [0.15, 0.2) is 11.6 Å². The molecule has 2 aromatic rings. The number of hydrogen-bond donors (Lipinski definition) is 3. The van der Waals surface area contributed by atoms with Crippen molar-refractivity contribution in [1.82, 2.24) is 9.97 Å². The lowest BCUT2D eigenvalue weighted by Gasteiger charge is -2.18. The van der Waals surface area contributed by atoms with E-state index in [2.05, 4.69) is 46.5 Å². The fourth-order valence-electron chi connectivity index (χ4n) is 2.66. The Bertz CT molecular complexity index is 848. The molecule has 1 aromatic heterocycles. The SMILES string of the molecule is CCCS(=N)(=O)c1nc(N)c2c(n1)N(Cc1ccc(C)cc1)CN2. The highest BCUT2D eigenvalue weighted by Gasteiger charge is 2.27. The first kappa shape index (κ1) is 16.5. The summed E-state index contributed by atoms with van der Waals surface area (Å²) >= 11 is 0. The molecule has 0 amide bonds. The first-order chi connectivity index (χ1) is 11.4. The van der Waals surface area contributed by atoms with Crippen LogP contribution in [-0.4, -0.2) is 26.6 Å². The summed E-state index contributed by atoms with van der Waals surface area (Å²) in [5.41, 5.74) is 9.00. The minimum Gasteiger partial charge on any atom is -0.382 e. The summed E-state index contributed by atoms with van der Waals surface area (Å²) in [5.74, 6) is 1.10. The standard InChI is InChI=1S/C16H22N6OS/c1-3-8-24(18,23)16-20-14(17)13-15(21-16)22(10-19-13)9-12-6-4-11(2)5-7-12/h4-7,18-19H,3,8-10H2,1-2H3,(H2,17,20,21). The molecule has 1 atom stereocenters. The third-order valence-corrected chi connectivity index (χ3v) is 5.68. The summed E-state index contributed by atoms with van der Waals surface area (Å²) in [7, 11) is -3.01. The van der Waals surface area contributed by atoms with Crippen molar-refractivity contribution in [3.63, 3.8) is 0 Å². The molecule has 0 saturated carbocycles. The molecule has 1 aliphatic rings. The van der Waals surface area contributed by atoms with E-state index in [1.165, 1.54) is 5.56 Å². The Morgan fingerprint density at radius 2 is 2.04 bits per heavy atom. The summed E-state index contributed by atoms with van der Waals surface area (Å²) in [5, 5.41) is 3.21. The predicted molar refractivity (Wildman–Crippen MR) is 96.6 cm³/mol. The van der Waals surface area contributed by atoms with Crippen molar-refractivity contribution < 1.29 is 4.21 Å². The van der Waals surface area contributed by atoms with E-state index >= 15 is 0 Å². The van der Waals surface area contributed by atoms with Crippen molar-refractivity contribution >= 4 is 27.1 Å². The first-order valence-corrected chi connectivity index (χ1v) is 9.62. The molecule has 1 unspecified atom stereocenters. The Morgan fingerprint density at radius 3 is 2.71 bits per heavy atom. The van der Waals surface area contributed by atoms with Gasteiger partial charge in [-0.25, -0.2) is 14.0 Å². The highest BCUT2D eigenvalue weighted by atomic mass is 32.2. The van der Waals surface area contributed by atoms with E-state index in [0.717, 1.165) is 5.56 Å².